The minimum Gasteiger partial charge on any atom is -0.497 e. The maximum absolute atomic E-state index is 13.3. The predicted molar refractivity (Wildman–Crippen MR) is 118 cm³/mol. The fraction of sp³-hybridized carbons (Fsp3) is 0.333. The van der Waals surface area contributed by atoms with Crippen LogP contribution in [-0.4, -0.2) is 62.5 Å². The van der Waals surface area contributed by atoms with Crippen molar-refractivity contribution in [2.75, 3.05) is 40.3 Å². The molecular formula is C21H24BrN3O3S. The molecule has 6 nitrogen and oxygen atoms in total. The third kappa shape index (κ3) is 3.94. The highest BCUT2D eigenvalue weighted by Gasteiger charge is 2.23. The number of benzene rings is 2. The number of fused-ring (bicyclic) bond motifs is 1. The number of halogens is 1. The van der Waals surface area contributed by atoms with Gasteiger partial charge in [0.05, 0.1) is 17.5 Å². The van der Waals surface area contributed by atoms with Crippen LogP contribution in [0.2, 0.25) is 0 Å². The van der Waals surface area contributed by atoms with Gasteiger partial charge in [-0.15, -0.1) is 0 Å². The van der Waals surface area contributed by atoms with Gasteiger partial charge in [0, 0.05) is 48.8 Å². The van der Waals surface area contributed by atoms with Crippen molar-refractivity contribution in [3.63, 3.8) is 0 Å². The van der Waals surface area contributed by atoms with Crippen molar-refractivity contribution in [2.45, 2.75) is 11.4 Å². The normalized spacial score (nSPS) is 16.4. The van der Waals surface area contributed by atoms with Gasteiger partial charge < -0.3 is 9.64 Å². The number of rotatable bonds is 5. The summed E-state index contributed by atoms with van der Waals surface area (Å²) in [4.78, 5) is 4.97. The van der Waals surface area contributed by atoms with Gasteiger partial charge in [-0.1, -0.05) is 12.1 Å². The molecule has 1 fully saturated rings. The summed E-state index contributed by atoms with van der Waals surface area (Å²) < 4.78 is 33.9. The Kier molecular flexibility index (Phi) is 5.70. The highest BCUT2D eigenvalue weighted by molar-refractivity contribution is 9.10. The van der Waals surface area contributed by atoms with Gasteiger partial charge in [-0.3, -0.25) is 4.90 Å². The smallest absolute Gasteiger partial charge is 0.268 e. The molecule has 0 N–H and O–H groups in total. The van der Waals surface area contributed by atoms with Crippen LogP contribution in [0.25, 0.3) is 10.9 Å². The van der Waals surface area contributed by atoms with E-state index in [0.29, 0.717) is 11.3 Å². The van der Waals surface area contributed by atoms with Crippen molar-refractivity contribution in [3.8, 4) is 5.75 Å². The molecule has 0 aliphatic carbocycles. The summed E-state index contributed by atoms with van der Waals surface area (Å²) in [5.74, 6) is 0.622. The summed E-state index contributed by atoms with van der Waals surface area (Å²) in [5.41, 5.74) is 1.81. The van der Waals surface area contributed by atoms with E-state index in [4.69, 9.17) is 4.74 Å². The Bertz CT molecular complexity index is 1120. The molecule has 0 atom stereocenters. The van der Waals surface area contributed by atoms with Gasteiger partial charge in [0.1, 0.15) is 5.75 Å². The lowest BCUT2D eigenvalue weighted by atomic mass is 10.1. The number of hydrogen-bond donors (Lipinski definition) is 0. The molecule has 2 aromatic carbocycles. The minimum absolute atomic E-state index is 0.229. The lowest BCUT2D eigenvalue weighted by Crippen LogP contribution is -2.43. The second kappa shape index (κ2) is 8.10. The number of nitrogens with zero attached hydrogens (tertiary/aromatic N) is 3. The summed E-state index contributed by atoms with van der Waals surface area (Å²) in [5, 5.41) is 0.948. The van der Waals surface area contributed by atoms with Crippen LogP contribution in [0.15, 0.2) is 58.0 Å². The predicted octanol–water partition coefficient (Wildman–Crippen LogP) is 3.40. The van der Waals surface area contributed by atoms with Gasteiger partial charge in [0.15, 0.2) is 0 Å². The lowest BCUT2D eigenvalue weighted by molar-refractivity contribution is 0.148. The van der Waals surface area contributed by atoms with Crippen LogP contribution in [0.3, 0.4) is 0 Å². The first-order valence-corrected chi connectivity index (χ1v) is 11.7. The average molecular weight is 478 g/mol. The molecular weight excluding hydrogens is 454 g/mol. The maximum Gasteiger partial charge on any atom is 0.268 e. The Balaban J connectivity index is 1.73. The third-order valence-electron chi connectivity index (χ3n) is 5.44. The number of aromatic nitrogens is 1. The molecule has 0 saturated carbocycles. The second-order valence-corrected chi connectivity index (χ2v) is 10.0. The number of ether oxygens (including phenoxy) is 1. The summed E-state index contributed by atoms with van der Waals surface area (Å²) in [7, 11) is -0.0208. The van der Waals surface area contributed by atoms with Crippen LogP contribution in [0.5, 0.6) is 5.75 Å². The molecule has 0 spiro atoms. The molecule has 0 unspecified atom stereocenters. The topological polar surface area (TPSA) is 54.8 Å². The van der Waals surface area contributed by atoms with Crippen molar-refractivity contribution in [2.24, 2.45) is 0 Å². The number of hydrogen-bond acceptors (Lipinski definition) is 5. The molecule has 0 amide bonds. The SMILES string of the molecule is COc1ccc(S(=O)(=O)n2cc(Br)c3c(CN4CCN(C)CC4)cccc32)cc1. The molecule has 29 heavy (non-hydrogen) atoms. The van der Waals surface area contributed by atoms with E-state index in [1.54, 1.807) is 37.6 Å². The molecule has 4 rings (SSSR count). The van der Waals surface area contributed by atoms with Crippen LogP contribution in [-0.2, 0) is 16.6 Å². The molecule has 1 aromatic heterocycles. The molecule has 0 bridgehead atoms. The number of piperazine rings is 1. The molecule has 3 aromatic rings. The first kappa shape index (κ1) is 20.4. The highest BCUT2D eigenvalue weighted by atomic mass is 79.9. The van der Waals surface area contributed by atoms with E-state index in [2.05, 4.69) is 38.8 Å². The molecule has 2 heterocycles. The van der Waals surface area contributed by atoms with E-state index in [-0.39, 0.29) is 4.90 Å². The fourth-order valence-electron chi connectivity index (χ4n) is 3.72. The monoisotopic (exact) mass is 477 g/mol. The van der Waals surface area contributed by atoms with Crippen molar-refractivity contribution < 1.29 is 13.2 Å². The van der Waals surface area contributed by atoms with Gasteiger partial charge >= 0.3 is 0 Å². The van der Waals surface area contributed by atoms with Crippen LogP contribution >= 0.6 is 15.9 Å². The van der Waals surface area contributed by atoms with Crippen molar-refractivity contribution in [1.82, 2.24) is 13.8 Å². The molecule has 1 aliphatic rings. The summed E-state index contributed by atoms with van der Waals surface area (Å²) in [6, 6.07) is 12.3. The van der Waals surface area contributed by atoms with Crippen molar-refractivity contribution in [3.05, 3.63) is 58.7 Å². The van der Waals surface area contributed by atoms with Crippen LogP contribution in [0.4, 0.5) is 0 Å². The molecule has 1 saturated heterocycles. The van der Waals surface area contributed by atoms with Crippen LogP contribution in [0.1, 0.15) is 5.56 Å². The van der Waals surface area contributed by atoms with E-state index in [0.717, 1.165) is 48.1 Å². The lowest BCUT2D eigenvalue weighted by Gasteiger charge is -2.32. The number of likely N-dealkylation sites (N-methyl/N-ethyl adjacent to an activating group) is 1. The highest BCUT2D eigenvalue weighted by Crippen LogP contribution is 2.33. The van der Waals surface area contributed by atoms with E-state index in [1.165, 1.54) is 3.97 Å². The molecule has 1 aliphatic heterocycles. The van der Waals surface area contributed by atoms with Gasteiger partial charge in [0.25, 0.3) is 10.0 Å². The molecule has 154 valence electrons. The van der Waals surface area contributed by atoms with Gasteiger partial charge in [-0.25, -0.2) is 12.4 Å². The van der Waals surface area contributed by atoms with Crippen molar-refractivity contribution >= 4 is 36.9 Å². The third-order valence-corrected chi connectivity index (χ3v) is 7.73. The average Bonchev–Trinajstić information content (AvgIpc) is 3.08. The first-order valence-electron chi connectivity index (χ1n) is 9.49. The summed E-state index contributed by atoms with van der Waals surface area (Å²) >= 11 is 3.60. The maximum atomic E-state index is 13.3. The second-order valence-electron chi connectivity index (χ2n) is 7.34. The zero-order valence-corrected chi connectivity index (χ0v) is 18.9. The zero-order chi connectivity index (χ0) is 20.6. The Morgan fingerprint density at radius 1 is 1.03 bits per heavy atom. The van der Waals surface area contributed by atoms with Crippen LogP contribution < -0.4 is 4.74 Å². The summed E-state index contributed by atoms with van der Waals surface area (Å²) in [6.07, 6.45) is 1.65. The Labute approximate surface area is 179 Å². The Hall–Kier alpha value is -1.87. The fourth-order valence-corrected chi connectivity index (χ4v) is 5.88. The van der Waals surface area contributed by atoms with E-state index >= 15 is 0 Å². The van der Waals surface area contributed by atoms with Crippen molar-refractivity contribution in [1.29, 1.82) is 0 Å². The quantitative estimate of drug-likeness (QED) is 0.563. The van der Waals surface area contributed by atoms with E-state index < -0.39 is 10.0 Å². The molecule has 8 heteroatoms. The van der Waals surface area contributed by atoms with E-state index in [9.17, 15) is 8.42 Å². The number of methoxy groups -OCH3 is 1. The standard InChI is InChI=1S/C21H24BrN3O3S/c1-23-10-12-24(13-11-23)14-16-4-3-5-20-21(16)19(22)15-25(20)29(26,27)18-8-6-17(28-2)7-9-18/h3-9,15H,10-14H2,1-2H3. The van der Waals surface area contributed by atoms with Gasteiger partial charge in [-0.2, -0.15) is 0 Å². The minimum atomic E-state index is -3.72. The van der Waals surface area contributed by atoms with Crippen LogP contribution in [0, 0.1) is 0 Å². The Morgan fingerprint density at radius 3 is 2.38 bits per heavy atom. The first-order chi connectivity index (χ1) is 13.9. The van der Waals surface area contributed by atoms with Gasteiger partial charge in [0.2, 0.25) is 0 Å². The Morgan fingerprint density at radius 2 is 1.72 bits per heavy atom. The molecule has 0 radical (unpaired) electrons. The summed E-state index contributed by atoms with van der Waals surface area (Å²) in [6.45, 7) is 4.91. The largest absolute Gasteiger partial charge is 0.497 e. The zero-order valence-electron chi connectivity index (χ0n) is 16.5. The van der Waals surface area contributed by atoms with Gasteiger partial charge in [-0.05, 0) is 58.9 Å². The van der Waals surface area contributed by atoms with E-state index in [1.807, 2.05) is 12.1 Å².